The van der Waals surface area contributed by atoms with Gasteiger partial charge in [-0.25, -0.2) is 0 Å². The highest BCUT2D eigenvalue weighted by molar-refractivity contribution is 7.45. The number of carbonyl (C=O) groups is 2. The quantitative estimate of drug-likeness (QED) is 0.0195. The first kappa shape index (κ1) is 74.4. The summed E-state index contributed by atoms with van der Waals surface area (Å²) in [4.78, 5) is 37.7. The molecule has 0 saturated carbocycles. The fourth-order valence-corrected chi connectivity index (χ4v) is 8.99. The van der Waals surface area contributed by atoms with Crippen LogP contribution in [-0.4, -0.2) is 70.0 Å². The van der Waals surface area contributed by atoms with Crippen LogP contribution in [0.5, 0.6) is 0 Å². The lowest BCUT2D eigenvalue weighted by Crippen LogP contribution is -2.37. The Bertz CT molecular complexity index is 1730. The molecule has 446 valence electrons. The maximum atomic E-state index is 12.8. The molecule has 0 aromatic carbocycles. The monoisotopic (exact) mass is 1110 g/mol. The number of rotatable bonds is 56. The highest BCUT2D eigenvalue weighted by Crippen LogP contribution is 2.38. The van der Waals surface area contributed by atoms with E-state index >= 15 is 0 Å². The van der Waals surface area contributed by atoms with E-state index < -0.39 is 32.5 Å². The van der Waals surface area contributed by atoms with Gasteiger partial charge in [0, 0.05) is 12.8 Å². The molecule has 0 aliphatic carbocycles. The maximum Gasteiger partial charge on any atom is 0.306 e. The van der Waals surface area contributed by atoms with E-state index in [4.69, 9.17) is 18.5 Å². The summed E-state index contributed by atoms with van der Waals surface area (Å²) < 4.78 is 34.0. The smallest absolute Gasteiger partial charge is 0.306 e. The molecule has 9 nitrogen and oxygen atoms in total. The second-order valence-electron chi connectivity index (χ2n) is 21.7. The molecule has 0 bridgehead atoms. The first-order valence-corrected chi connectivity index (χ1v) is 32.7. The lowest BCUT2D eigenvalue weighted by Gasteiger charge is -2.28. The van der Waals surface area contributed by atoms with Crippen molar-refractivity contribution >= 4 is 19.8 Å². The Hall–Kier alpha value is -3.59. The molecule has 0 heterocycles. The summed E-state index contributed by atoms with van der Waals surface area (Å²) in [6.07, 6.45) is 83.1. The Kier molecular flexibility index (Phi) is 55.4. The molecule has 0 spiro atoms. The number of phosphoric acid groups is 1. The van der Waals surface area contributed by atoms with Gasteiger partial charge >= 0.3 is 11.9 Å². The van der Waals surface area contributed by atoms with Crippen molar-refractivity contribution in [2.75, 3.05) is 47.5 Å². The second-order valence-corrected chi connectivity index (χ2v) is 23.1. The third-order valence-electron chi connectivity index (χ3n) is 13.0. The Morgan fingerprint density at radius 2 is 0.718 bits per heavy atom. The fourth-order valence-electron chi connectivity index (χ4n) is 8.26. The largest absolute Gasteiger partial charge is 0.756 e. The van der Waals surface area contributed by atoms with Crippen LogP contribution in [0.4, 0.5) is 0 Å². The van der Waals surface area contributed by atoms with Crippen molar-refractivity contribution in [2.45, 2.75) is 251 Å². The van der Waals surface area contributed by atoms with Gasteiger partial charge in [0.05, 0.1) is 27.7 Å². The normalized spacial score (nSPS) is 14.1. The van der Waals surface area contributed by atoms with E-state index in [0.29, 0.717) is 23.9 Å². The van der Waals surface area contributed by atoms with Gasteiger partial charge in [0.15, 0.2) is 6.10 Å². The van der Waals surface area contributed by atoms with Crippen molar-refractivity contribution in [1.82, 2.24) is 0 Å². The zero-order valence-electron chi connectivity index (χ0n) is 50.6. The molecule has 0 aromatic heterocycles. The predicted octanol–water partition coefficient (Wildman–Crippen LogP) is 19.3. The number of nitrogens with zero attached hydrogens (tertiary/aromatic N) is 1. The average molecular weight is 1110 g/mol. The summed E-state index contributed by atoms with van der Waals surface area (Å²) in [7, 11) is 1.12. The van der Waals surface area contributed by atoms with Crippen molar-refractivity contribution in [3.05, 3.63) is 122 Å². The Labute approximate surface area is 479 Å². The van der Waals surface area contributed by atoms with E-state index in [0.717, 1.165) is 83.5 Å². The first-order valence-electron chi connectivity index (χ1n) is 31.2. The number of ether oxygens (including phenoxy) is 2. The molecule has 0 aliphatic rings. The summed E-state index contributed by atoms with van der Waals surface area (Å²) >= 11 is 0. The first-order chi connectivity index (χ1) is 38.0. The number of esters is 2. The molecule has 2 atom stereocenters. The van der Waals surface area contributed by atoms with Gasteiger partial charge in [0.1, 0.15) is 19.8 Å². The van der Waals surface area contributed by atoms with Gasteiger partial charge < -0.3 is 27.9 Å². The van der Waals surface area contributed by atoms with Gasteiger partial charge in [0.25, 0.3) is 7.82 Å². The van der Waals surface area contributed by atoms with E-state index in [1.807, 2.05) is 33.3 Å². The van der Waals surface area contributed by atoms with Gasteiger partial charge in [-0.3, -0.25) is 14.2 Å². The summed E-state index contributed by atoms with van der Waals surface area (Å²) in [5.74, 6) is -0.928. The van der Waals surface area contributed by atoms with Gasteiger partial charge in [-0.15, -0.1) is 0 Å². The van der Waals surface area contributed by atoms with Crippen molar-refractivity contribution in [2.24, 2.45) is 0 Å². The van der Waals surface area contributed by atoms with Gasteiger partial charge in [0.2, 0.25) is 0 Å². The third-order valence-corrected chi connectivity index (χ3v) is 14.0. The van der Waals surface area contributed by atoms with Crippen LogP contribution in [0.15, 0.2) is 122 Å². The number of unbranched alkanes of at least 4 members (excludes halogenated alkanes) is 22. The number of phosphoric ester groups is 1. The Morgan fingerprint density at radius 1 is 0.397 bits per heavy atom. The summed E-state index contributed by atoms with van der Waals surface area (Å²) in [6.45, 7) is 3.92. The molecule has 0 aromatic rings. The summed E-state index contributed by atoms with van der Waals surface area (Å²) in [6, 6.07) is 0. The predicted molar refractivity (Wildman–Crippen MR) is 332 cm³/mol. The van der Waals surface area contributed by atoms with Gasteiger partial charge in [-0.05, 0) is 89.9 Å². The highest BCUT2D eigenvalue weighted by atomic mass is 31.2. The van der Waals surface area contributed by atoms with E-state index in [1.165, 1.54) is 122 Å². The molecular formula is C68H116NO8P. The van der Waals surface area contributed by atoms with Crippen LogP contribution in [0, 0.1) is 0 Å². The zero-order chi connectivity index (χ0) is 57.0. The van der Waals surface area contributed by atoms with Crippen LogP contribution >= 0.6 is 7.82 Å². The number of quaternary nitrogens is 1. The zero-order valence-corrected chi connectivity index (χ0v) is 51.5. The Morgan fingerprint density at radius 3 is 1.08 bits per heavy atom. The van der Waals surface area contributed by atoms with Crippen molar-refractivity contribution in [3.8, 4) is 0 Å². The van der Waals surface area contributed by atoms with Crippen LogP contribution in [0.3, 0.4) is 0 Å². The molecule has 78 heavy (non-hydrogen) atoms. The number of hydrogen-bond acceptors (Lipinski definition) is 8. The van der Waals surface area contributed by atoms with Crippen LogP contribution in [0.2, 0.25) is 0 Å². The van der Waals surface area contributed by atoms with Crippen molar-refractivity contribution in [1.29, 1.82) is 0 Å². The molecule has 0 aliphatic heterocycles. The molecule has 2 unspecified atom stereocenters. The molecule has 0 radical (unpaired) electrons. The lowest BCUT2D eigenvalue weighted by atomic mass is 10.0. The fraction of sp³-hybridized carbons (Fsp3) is 0.676. The van der Waals surface area contributed by atoms with Crippen LogP contribution in [-0.2, 0) is 32.7 Å². The minimum Gasteiger partial charge on any atom is -0.756 e. The molecule has 0 N–H and O–H groups in total. The van der Waals surface area contributed by atoms with Crippen LogP contribution < -0.4 is 4.89 Å². The SMILES string of the molecule is CC/C=C\C/C=C\C/C=C\C/C=C\C/C=C\C/C=C\CCCCCCCCCCCCCCCCCCCCCCCCC(=O)OC(COC(=O)CC/C=C\C/C=C\C/C=C\C/C=C\CC)COP(=O)([O-])OCC[N+](C)(C)C. The van der Waals surface area contributed by atoms with E-state index in [1.54, 1.807) is 0 Å². The average Bonchev–Trinajstić information content (AvgIpc) is 3.40. The number of allylic oxidation sites excluding steroid dienone is 20. The Balaban J connectivity index is 3.94. The standard InChI is InChI=1S/C68H116NO8P/c1-6-8-10-12-14-16-18-20-21-22-23-24-25-26-27-28-29-30-31-32-33-34-35-36-37-38-39-40-41-42-43-44-45-46-47-49-51-53-55-57-59-61-68(71)77-66(65-76-78(72,73)75-63-62-69(3,4)5)64-74-67(70)60-58-56-54-52-50-48-19-17-15-13-11-9-7-2/h8-11,14-17,20-21,23-24,26-27,29-30,48,50,54,56,66H,6-7,12-13,18-19,22,25,28,31-47,49,51-53,55,57-65H2,1-5H3/b10-8-,11-9-,16-14-,17-15-,21-20-,24-23-,27-26-,30-29-,50-48-,56-54-. The summed E-state index contributed by atoms with van der Waals surface area (Å²) in [5.41, 5.74) is 0. The minimum atomic E-state index is -4.65. The second kappa shape index (κ2) is 58.1. The molecule has 10 heteroatoms. The number of likely N-dealkylation sites (N-methyl/N-ethyl adjacent to an activating group) is 1. The molecule has 0 amide bonds. The van der Waals surface area contributed by atoms with Crippen molar-refractivity contribution < 1.29 is 42.1 Å². The van der Waals surface area contributed by atoms with E-state index in [-0.39, 0.29) is 26.1 Å². The van der Waals surface area contributed by atoms with Crippen LogP contribution in [0.25, 0.3) is 0 Å². The number of hydrogen-bond donors (Lipinski definition) is 0. The van der Waals surface area contributed by atoms with E-state index in [9.17, 15) is 19.0 Å². The molecule has 0 rings (SSSR count). The van der Waals surface area contributed by atoms with Gasteiger partial charge in [-0.2, -0.15) is 0 Å². The topological polar surface area (TPSA) is 111 Å². The van der Waals surface area contributed by atoms with Crippen LogP contribution in [0.1, 0.15) is 245 Å². The van der Waals surface area contributed by atoms with E-state index in [2.05, 4.69) is 123 Å². The highest BCUT2D eigenvalue weighted by Gasteiger charge is 2.21. The lowest BCUT2D eigenvalue weighted by molar-refractivity contribution is -0.870. The molecular weight excluding hydrogens is 990 g/mol. The van der Waals surface area contributed by atoms with Gasteiger partial charge in [-0.1, -0.05) is 264 Å². The third kappa shape index (κ3) is 61.6. The minimum absolute atomic E-state index is 0.0446. The number of carbonyl (C=O) groups excluding carboxylic acids is 2. The maximum absolute atomic E-state index is 12.8. The molecule has 0 saturated heterocycles. The summed E-state index contributed by atoms with van der Waals surface area (Å²) in [5, 5.41) is 0. The molecule has 0 fully saturated rings. The van der Waals surface area contributed by atoms with Crippen molar-refractivity contribution in [3.63, 3.8) is 0 Å².